The molecule has 3 amide bonds. The third-order valence-corrected chi connectivity index (χ3v) is 3.90. The predicted octanol–water partition coefficient (Wildman–Crippen LogP) is -0.858. The molecule has 0 aliphatic rings. The number of carbonyl (C=O) groups excluding carboxylic acids is 3. The van der Waals surface area contributed by atoms with Crippen LogP contribution in [0.15, 0.2) is 30.3 Å². The Morgan fingerprint density at radius 1 is 1.04 bits per heavy atom. The van der Waals surface area contributed by atoms with E-state index in [-0.39, 0.29) is 5.92 Å². The molecule has 0 saturated carbocycles. The highest BCUT2D eigenvalue weighted by atomic mass is 16.4. The topological polar surface area (TPSA) is 165 Å². The van der Waals surface area contributed by atoms with E-state index in [1.54, 1.807) is 13.8 Å². The average Bonchev–Trinajstić information content (AvgIpc) is 2.58. The lowest BCUT2D eigenvalue weighted by Gasteiger charge is -2.25. The fraction of sp³-hybridized carbons (Fsp3) is 0.444. The zero-order valence-corrected chi connectivity index (χ0v) is 15.3. The molecule has 0 bridgehead atoms. The van der Waals surface area contributed by atoms with E-state index in [9.17, 15) is 19.2 Å². The number of aliphatic carboxylic acids is 1. The van der Waals surface area contributed by atoms with Crippen LogP contribution >= 0.6 is 0 Å². The van der Waals surface area contributed by atoms with Gasteiger partial charge in [-0.1, -0.05) is 44.2 Å². The van der Waals surface area contributed by atoms with E-state index in [1.165, 1.54) is 0 Å². The molecule has 3 atom stereocenters. The van der Waals surface area contributed by atoms with Crippen molar-refractivity contribution in [2.24, 2.45) is 17.4 Å². The quantitative estimate of drug-likeness (QED) is 0.355. The molecule has 0 heterocycles. The minimum atomic E-state index is -1.47. The first-order valence-corrected chi connectivity index (χ1v) is 8.53. The van der Waals surface area contributed by atoms with Crippen molar-refractivity contribution in [2.75, 3.05) is 0 Å². The molecule has 0 spiro atoms. The number of nitrogens with one attached hydrogen (secondary N) is 2. The second-order valence-corrected chi connectivity index (χ2v) is 6.60. The maximum absolute atomic E-state index is 12.4. The number of hydrogen-bond acceptors (Lipinski definition) is 5. The summed E-state index contributed by atoms with van der Waals surface area (Å²) in [7, 11) is 0. The van der Waals surface area contributed by atoms with Gasteiger partial charge in [0.25, 0.3) is 0 Å². The summed E-state index contributed by atoms with van der Waals surface area (Å²) >= 11 is 0. The van der Waals surface area contributed by atoms with Crippen molar-refractivity contribution in [2.45, 2.75) is 44.8 Å². The molecule has 0 aliphatic heterocycles. The second kappa shape index (κ2) is 10.3. The summed E-state index contributed by atoms with van der Waals surface area (Å²) in [4.78, 5) is 46.9. The number of primary amides is 1. The Morgan fingerprint density at radius 3 is 2.11 bits per heavy atom. The van der Waals surface area contributed by atoms with Gasteiger partial charge in [-0.3, -0.25) is 14.4 Å². The van der Waals surface area contributed by atoms with Crippen LogP contribution in [0.4, 0.5) is 0 Å². The van der Waals surface area contributed by atoms with Crippen molar-refractivity contribution in [3.8, 4) is 0 Å². The van der Waals surface area contributed by atoms with Crippen molar-refractivity contribution in [3.63, 3.8) is 0 Å². The zero-order chi connectivity index (χ0) is 20.6. The maximum Gasteiger partial charge on any atom is 0.326 e. The SMILES string of the molecule is CC(C)[C@H](NC(=O)[C@@H](N)Cc1ccccc1)C(=O)N[C@@H](CC(N)=O)C(=O)O. The van der Waals surface area contributed by atoms with Crippen LogP contribution in [0.1, 0.15) is 25.8 Å². The number of nitrogens with two attached hydrogens (primary N) is 2. The number of rotatable bonds is 10. The third kappa shape index (κ3) is 7.45. The van der Waals surface area contributed by atoms with E-state index in [4.69, 9.17) is 16.6 Å². The minimum absolute atomic E-state index is 0.290. The third-order valence-electron chi connectivity index (χ3n) is 3.90. The normalized spacial score (nSPS) is 14.1. The van der Waals surface area contributed by atoms with Crippen LogP contribution in [0, 0.1) is 5.92 Å². The van der Waals surface area contributed by atoms with Crippen molar-refractivity contribution < 1.29 is 24.3 Å². The molecular weight excluding hydrogens is 352 g/mol. The van der Waals surface area contributed by atoms with Crippen LogP contribution in [0.2, 0.25) is 0 Å². The molecule has 1 rings (SSSR count). The Morgan fingerprint density at radius 2 is 1.63 bits per heavy atom. The van der Waals surface area contributed by atoms with Gasteiger partial charge in [-0.05, 0) is 17.9 Å². The molecule has 148 valence electrons. The predicted molar refractivity (Wildman–Crippen MR) is 98.3 cm³/mol. The van der Waals surface area contributed by atoms with E-state index in [1.807, 2.05) is 30.3 Å². The molecule has 1 aromatic rings. The van der Waals surface area contributed by atoms with Gasteiger partial charge in [-0.15, -0.1) is 0 Å². The number of carboxylic acids is 1. The molecule has 9 heteroatoms. The fourth-order valence-corrected chi connectivity index (χ4v) is 2.42. The first kappa shape index (κ1) is 22.1. The van der Waals surface area contributed by atoms with Crippen molar-refractivity contribution in [3.05, 3.63) is 35.9 Å². The lowest BCUT2D eigenvalue weighted by atomic mass is 10.0. The second-order valence-electron chi connectivity index (χ2n) is 6.60. The van der Waals surface area contributed by atoms with Crippen LogP contribution in [-0.4, -0.2) is 46.9 Å². The van der Waals surface area contributed by atoms with Crippen LogP contribution < -0.4 is 22.1 Å². The summed E-state index contributed by atoms with van der Waals surface area (Å²) in [6, 6.07) is 5.83. The Bertz CT molecular complexity index is 678. The number of amides is 3. The summed E-state index contributed by atoms with van der Waals surface area (Å²) in [5.41, 5.74) is 11.8. The summed E-state index contributed by atoms with van der Waals surface area (Å²) in [5, 5.41) is 13.9. The summed E-state index contributed by atoms with van der Waals surface area (Å²) < 4.78 is 0. The Kier molecular flexibility index (Phi) is 8.40. The van der Waals surface area contributed by atoms with Gasteiger partial charge in [0.05, 0.1) is 12.5 Å². The zero-order valence-electron chi connectivity index (χ0n) is 15.3. The van der Waals surface area contributed by atoms with E-state index < -0.39 is 48.2 Å². The first-order chi connectivity index (χ1) is 12.6. The highest BCUT2D eigenvalue weighted by Gasteiger charge is 2.30. The fourth-order valence-electron chi connectivity index (χ4n) is 2.42. The van der Waals surface area contributed by atoms with Crippen LogP contribution in [0.25, 0.3) is 0 Å². The summed E-state index contributed by atoms with van der Waals surface area (Å²) in [5.74, 6) is -3.84. The molecule has 0 fully saturated rings. The molecule has 0 aliphatic carbocycles. The molecule has 7 N–H and O–H groups in total. The molecule has 0 radical (unpaired) electrons. The minimum Gasteiger partial charge on any atom is -0.480 e. The van der Waals surface area contributed by atoms with Gasteiger partial charge >= 0.3 is 5.97 Å². The van der Waals surface area contributed by atoms with Crippen molar-refractivity contribution in [1.82, 2.24) is 10.6 Å². The Labute approximate surface area is 157 Å². The number of carboxylic acid groups (broad SMARTS) is 1. The Hall–Kier alpha value is -2.94. The number of benzene rings is 1. The van der Waals surface area contributed by atoms with E-state index in [2.05, 4.69) is 10.6 Å². The van der Waals surface area contributed by atoms with Gasteiger partial charge in [-0.2, -0.15) is 0 Å². The van der Waals surface area contributed by atoms with Gasteiger partial charge in [0, 0.05) is 0 Å². The van der Waals surface area contributed by atoms with Crippen LogP contribution in [-0.2, 0) is 25.6 Å². The van der Waals surface area contributed by atoms with Crippen molar-refractivity contribution >= 4 is 23.7 Å². The monoisotopic (exact) mass is 378 g/mol. The standard InChI is InChI=1S/C18H26N4O5/c1-10(2)15(17(25)21-13(18(26)27)9-14(20)23)22-16(24)12(19)8-11-6-4-3-5-7-11/h3-7,10,12-13,15H,8-9,19H2,1-2H3,(H2,20,23)(H,21,25)(H,22,24)(H,26,27)/t12-,13-,15-/m0/s1. The van der Waals surface area contributed by atoms with Gasteiger partial charge < -0.3 is 27.2 Å². The molecule has 0 aromatic heterocycles. The highest BCUT2D eigenvalue weighted by Crippen LogP contribution is 2.06. The smallest absolute Gasteiger partial charge is 0.326 e. The molecule has 1 aromatic carbocycles. The first-order valence-electron chi connectivity index (χ1n) is 8.53. The van der Waals surface area contributed by atoms with E-state index in [0.717, 1.165) is 5.56 Å². The van der Waals surface area contributed by atoms with Gasteiger partial charge in [0.15, 0.2) is 0 Å². The van der Waals surface area contributed by atoms with Gasteiger partial charge in [-0.25, -0.2) is 4.79 Å². The van der Waals surface area contributed by atoms with Crippen LogP contribution in [0.5, 0.6) is 0 Å². The molecule has 0 saturated heterocycles. The average molecular weight is 378 g/mol. The lowest BCUT2D eigenvalue weighted by Crippen LogP contribution is -2.57. The molecular formula is C18H26N4O5. The largest absolute Gasteiger partial charge is 0.480 e. The molecule has 27 heavy (non-hydrogen) atoms. The molecule has 9 nitrogen and oxygen atoms in total. The van der Waals surface area contributed by atoms with E-state index >= 15 is 0 Å². The maximum atomic E-state index is 12.4. The van der Waals surface area contributed by atoms with E-state index in [0.29, 0.717) is 6.42 Å². The van der Waals surface area contributed by atoms with Crippen LogP contribution in [0.3, 0.4) is 0 Å². The van der Waals surface area contributed by atoms with Gasteiger partial charge in [0.1, 0.15) is 12.1 Å². The molecule has 0 unspecified atom stereocenters. The Balaban J connectivity index is 2.76. The highest BCUT2D eigenvalue weighted by molar-refractivity contribution is 5.93. The number of hydrogen-bond donors (Lipinski definition) is 5. The summed E-state index contributed by atoms with van der Waals surface area (Å²) in [6.45, 7) is 3.38. The lowest BCUT2D eigenvalue weighted by molar-refractivity contribution is -0.144. The van der Waals surface area contributed by atoms with Gasteiger partial charge in [0.2, 0.25) is 17.7 Å². The van der Waals surface area contributed by atoms with Crippen molar-refractivity contribution in [1.29, 1.82) is 0 Å². The summed E-state index contributed by atoms with van der Waals surface area (Å²) in [6.07, 6.45) is -0.258. The number of carbonyl (C=O) groups is 4.